The van der Waals surface area contributed by atoms with E-state index in [-0.39, 0.29) is 17.8 Å². The Kier molecular flexibility index (Phi) is 6.30. The molecule has 1 aliphatic rings. The number of hydrogen-bond donors (Lipinski definition) is 1. The van der Waals surface area contributed by atoms with Gasteiger partial charge in [0.2, 0.25) is 5.91 Å². The molecule has 2 aromatic rings. The summed E-state index contributed by atoms with van der Waals surface area (Å²) in [5.74, 6) is -0.263. The van der Waals surface area contributed by atoms with Gasteiger partial charge in [-0.15, -0.1) is 5.10 Å². The summed E-state index contributed by atoms with van der Waals surface area (Å²) in [6.45, 7) is 5.17. The minimum atomic E-state index is -0.217. The van der Waals surface area contributed by atoms with E-state index < -0.39 is 0 Å². The maximum atomic E-state index is 13.9. The summed E-state index contributed by atoms with van der Waals surface area (Å²) in [4.78, 5) is 14.4. The number of carbonyl (C=O) groups is 1. The van der Waals surface area contributed by atoms with Crippen LogP contribution in [0.4, 0.5) is 4.39 Å². The maximum Gasteiger partial charge on any atom is 0.221 e. The summed E-state index contributed by atoms with van der Waals surface area (Å²) in [6, 6.07) is 6.69. The molecule has 0 bridgehead atoms. The van der Waals surface area contributed by atoms with Crippen LogP contribution >= 0.6 is 0 Å². The largest absolute Gasteiger partial charge is 0.378 e. The van der Waals surface area contributed by atoms with Crippen LogP contribution in [-0.2, 0) is 22.6 Å². The molecule has 1 N–H and O–H groups in total. The highest BCUT2D eigenvalue weighted by Gasteiger charge is 2.26. The van der Waals surface area contributed by atoms with E-state index in [1.54, 1.807) is 16.8 Å². The molecule has 2 heterocycles. The summed E-state index contributed by atoms with van der Waals surface area (Å²) in [6.07, 6.45) is 2.15. The van der Waals surface area contributed by atoms with Crippen molar-refractivity contribution in [2.24, 2.45) is 0 Å². The van der Waals surface area contributed by atoms with Gasteiger partial charge in [-0.05, 0) is 13.0 Å². The molecule has 140 valence electrons. The number of rotatable bonds is 7. The lowest BCUT2D eigenvalue weighted by atomic mass is 10.1. The van der Waals surface area contributed by atoms with Gasteiger partial charge in [0.15, 0.2) is 0 Å². The second kappa shape index (κ2) is 8.86. The summed E-state index contributed by atoms with van der Waals surface area (Å²) in [5.41, 5.74) is 1.49. The Bertz CT molecular complexity index is 736. The van der Waals surface area contributed by atoms with Crippen LogP contribution in [0.1, 0.15) is 17.7 Å². The van der Waals surface area contributed by atoms with E-state index in [2.05, 4.69) is 20.5 Å². The third kappa shape index (κ3) is 5.09. The Labute approximate surface area is 152 Å². The third-order valence-electron chi connectivity index (χ3n) is 4.42. The topological polar surface area (TPSA) is 72.3 Å². The Morgan fingerprint density at radius 2 is 2.27 bits per heavy atom. The number of nitrogens with one attached hydrogen (secondary N) is 1. The number of amides is 1. The second-order valence-electron chi connectivity index (χ2n) is 6.47. The minimum Gasteiger partial charge on any atom is -0.378 e. The molecule has 0 radical (unpaired) electrons. The highest BCUT2D eigenvalue weighted by Crippen LogP contribution is 2.16. The SMILES string of the molecule is Cc1cn(CCNC(=O)C[C@@H]2COCCN2Cc2ccccc2F)nn1. The maximum absolute atomic E-state index is 13.9. The van der Waals surface area contributed by atoms with Crippen molar-refractivity contribution in [1.82, 2.24) is 25.2 Å². The molecule has 0 saturated carbocycles. The van der Waals surface area contributed by atoms with E-state index in [1.807, 2.05) is 19.2 Å². The van der Waals surface area contributed by atoms with E-state index in [4.69, 9.17) is 4.74 Å². The number of aromatic nitrogens is 3. The Morgan fingerprint density at radius 3 is 3.04 bits per heavy atom. The molecule has 1 aromatic carbocycles. The van der Waals surface area contributed by atoms with Crippen molar-refractivity contribution < 1.29 is 13.9 Å². The van der Waals surface area contributed by atoms with Gasteiger partial charge in [0.05, 0.1) is 25.5 Å². The van der Waals surface area contributed by atoms with Gasteiger partial charge in [0.1, 0.15) is 5.82 Å². The fraction of sp³-hybridized carbons (Fsp3) is 0.500. The molecule has 1 aliphatic heterocycles. The highest BCUT2D eigenvalue weighted by molar-refractivity contribution is 5.76. The fourth-order valence-electron chi connectivity index (χ4n) is 3.03. The van der Waals surface area contributed by atoms with Gasteiger partial charge < -0.3 is 10.1 Å². The lowest BCUT2D eigenvalue weighted by molar-refractivity contribution is -0.124. The van der Waals surface area contributed by atoms with Crippen LogP contribution in [0, 0.1) is 12.7 Å². The van der Waals surface area contributed by atoms with Gasteiger partial charge in [-0.25, -0.2) is 4.39 Å². The summed E-state index contributed by atoms with van der Waals surface area (Å²) < 4.78 is 21.1. The molecule has 26 heavy (non-hydrogen) atoms. The number of hydrogen-bond acceptors (Lipinski definition) is 5. The molecule has 1 saturated heterocycles. The Morgan fingerprint density at radius 1 is 1.42 bits per heavy atom. The van der Waals surface area contributed by atoms with Gasteiger partial charge in [-0.3, -0.25) is 14.4 Å². The van der Waals surface area contributed by atoms with Gasteiger partial charge in [-0.2, -0.15) is 0 Å². The fourth-order valence-corrected chi connectivity index (χ4v) is 3.03. The van der Waals surface area contributed by atoms with Crippen LogP contribution in [0.25, 0.3) is 0 Å². The zero-order valence-corrected chi connectivity index (χ0v) is 14.9. The van der Waals surface area contributed by atoms with Crippen molar-refractivity contribution in [3.8, 4) is 0 Å². The smallest absolute Gasteiger partial charge is 0.221 e. The zero-order chi connectivity index (χ0) is 18.4. The van der Waals surface area contributed by atoms with E-state index >= 15 is 0 Å². The average molecular weight is 361 g/mol. The predicted octanol–water partition coefficient (Wildman–Crippen LogP) is 1.13. The van der Waals surface area contributed by atoms with Crippen molar-refractivity contribution in [3.05, 3.63) is 47.5 Å². The first-order valence-corrected chi connectivity index (χ1v) is 8.80. The van der Waals surface area contributed by atoms with Crippen LogP contribution in [0.2, 0.25) is 0 Å². The van der Waals surface area contributed by atoms with Gasteiger partial charge in [-0.1, -0.05) is 23.4 Å². The molecule has 1 aromatic heterocycles. The number of morpholine rings is 1. The van der Waals surface area contributed by atoms with Crippen LogP contribution in [0.3, 0.4) is 0 Å². The molecule has 0 unspecified atom stereocenters. The number of halogens is 1. The first kappa shape index (κ1) is 18.5. The number of ether oxygens (including phenoxy) is 1. The van der Waals surface area contributed by atoms with E-state index in [9.17, 15) is 9.18 Å². The molecule has 0 spiro atoms. The van der Waals surface area contributed by atoms with Crippen molar-refractivity contribution in [1.29, 1.82) is 0 Å². The van der Waals surface area contributed by atoms with Crippen LogP contribution in [-0.4, -0.2) is 58.1 Å². The standard InChI is InChI=1S/C18H24FN5O2/c1-14-11-24(22-21-14)7-6-20-18(25)10-16-13-26-9-8-23(16)12-15-4-2-3-5-17(15)19/h2-5,11,16H,6-10,12-13H2,1H3,(H,20,25)/t16-/m1/s1. The Hall–Kier alpha value is -2.32. The molecule has 1 amide bonds. The number of benzene rings is 1. The predicted molar refractivity (Wildman–Crippen MR) is 93.8 cm³/mol. The monoisotopic (exact) mass is 361 g/mol. The van der Waals surface area contributed by atoms with Crippen molar-refractivity contribution in [2.45, 2.75) is 32.5 Å². The lowest BCUT2D eigenvalue weighted by Crippen LogP contribution is -2.47. The van der Waals surface area contributed by atoms with Crippen LogP contribution < -0.4 is 5.32 Å². The summed E-state index contributed by atoms with van der Waals surface area (Å²) >= 11 is 0. The van der Waals surface area contributed by atoms with Gasteiger partial charge in [0, 0.05) is 43.9 Å². The molecule has 8 heteroatoms. The highest BCUT2D eigenvalue weighted by atomic mass is 19.1. The average Bonchev–Trinajstić information content (AvgIpc) is 3.04. The third-order valence-corrected chi connectivity index (χ3v) is 4.42. The first-order chi connectivity index (χ1) is 12.6. The van der Waals surface area contributed by atoms with E-state index in [1.165, 1.54) is 6.07 Å². The van der Waals surface area contributed by atoms with Gasteiger partial charge in [0.25, 0.3) is 0 Å². The van der Waals surface area contributed by atoms with Crippen LogP contribution in [0.15, 0.2) is 30.5 Å². The van der Waals surface area contributed by atoms with Crippen molar-refractivity contribution in [2.75, 3.05) is 26.3 Å². The van der Waals surface area contributed by atoms with E-state index in [0.717, 1.165) is 5.69 Å². The number of nitrogens with zero attached hydrogens (tertiary/aromatic N) is 4. The zero-order valence-electron chi connectivity index (χ0n) is 14.9. The summed E-state index contributed by atoms with van der Waals surface area (Å²) in [7, 11) is 0. The molecular formula is C18H24FN5O2. The quantitative estimate of drug-likeness (QED) is 0.801. The molecule has 1 atom stereocenters. The normalized spacial score (nSPS) is 18.0. The Balaban J connectivity index is 1.49. The van der Waals surface area contributed by atoms with Gasteiger partial charge >= 0.3 is 0 Å². The van der Waals surface area contributed by atoms with Crippen LogP contribution in [0.5, 0.6) is 0 Å². The lowest BCUT2D eigenvalue weighted by Gasteiger charge is -2.35. The second-order valence-corrected chi connectivity index (χ2v) is 6.47. The molecule has 3 rings (SSSR count). The van der Waals surface area contributed by atoms with Crippen molar-refractivity contribution in [3.63, 3.8) is 0 Å². The number of aryl methyl sites for hydroxylation is 1. The number of carbonyl (C=O) groups excluding carboxylic acids is 1. The molecular weight excluding hydrogens is 337 g/mol. The molecule has 1 fully saturated rings. The first-order valence-electron chi connectivity index (χ1n) is 8.80. The molecule has 0 aliphatic carbocycles. The minimum absolute atomic E-state index is 0.0455. The summed E-state index contributed by atoms with van der Waals surface area (Å²) in [5, 5.41) is 10.8. The van der Waals surface area contributed by atoms with E-state index in [0.29, 0.717) is 51.4 Å². The van der Waals surface area contributed by atoms with Crippen molar-refractivity contribution >= 4 is 5.91 Å². The molecule has 7 nitrogen and oxygen atoms in total.